The molecule has 0 spiro atoms. The molecule has 0 radical (unpaired) electrons. The molecule has 0 aromatic heterocycles. The van der Waals surface area contributed by atoms with Crippen molar-refractivity contribution in [3.8, 4) is 71.5 Å². The van der Waals surface area contributed by atoms with Crippen molar-refractivity contribution in [3.05, 3.63) is 44.8 Å². The molecule has 0 aliphatic rings. The van der Waals surface area contributed by atoms with Gasteiger partial charge in [-0.25, -0.2) is 4.79 Å². The van der Waals surface area contributed by atoms with Crippen LogP contribution in [0.5, 0.6) is 0 Å². The largest absolute Gasteiger partial charge is 0.478 e. The van der Waals surface area contributed by atoms with Gasteiger partial charge in [-0.3, -0.25) is 0 Å². The maximum absolute atomic E-state index is 10.8. The number of rotatable bonds is 4. The molecule has 0 aliphatic carbocycles. The van der Waals surface area contributed by atoms with E-state index in [1.807, 2.05) is 19.1 Å². The molecule has 0 unspecified atom stereocenters. The predicted molar refractivity (Wildman–Crippen MR) is 136 cm³/mol. The van der Waals surface area contributed by atoms with Gasteiger partial charge in [0.25, 0.3) is 0 Å². The number of hydrogen-bond acceptors (Lipinski definition) is 3. The van der Waals surface area contributed by atoms with E-state index < -0.39 is 5.97 Å². The van der Waals surface area contributed by atoms with Crippen molar-refractivity contribution in [3.63, 3.8) is 0 Å². The second-order valence-corrected chi connectivity index (χ2v) is 5.91. The monoisotopic (exact) mass is 412 g/mol. The van der Waals surface area contributed by atoms with Gasteiger partial charge in [-0.15, -0.1) is 6.42 Å². The molecule has 4 heteroatoms. The summed E-state index contributed by atoms with van der Waals surface area (Å²) in [5.74, 6) is 26.8. The lowest BCUT2D eigenvalue weighted by molar-refractivity contribution is 0.0696. The minimum Gasteiger partial charge on any atom is -0.478 e. The highest BCUT2D eigenvalue weighted by molar-refractivity contribution is 5.89. The van der Waals surface area contributed by atoms with Crippen molar-refractivity contribution in [2.75, 3.05) is 0 Å². The zero-order valence-corrected chi connectivity index (χ0v) is 17.5. The van der Waals surface area contributed by atoms with Gasteiger partial charge in [0.15, 0.2) is 0 Å². The van der Waals surface area contributed by atoms with Crippen molar-refractivity contribution in [2.24, 2.45) is 5.92 Å². The van der Waals surface area contributed by atoms with Gasteiger partial charge >= 0.3 is 5.97 Å². The summed E-state index contributed by atoms with van der Waals surface area (Å²) < 4.78 is 0. The molecule has 30 heavy (non-hydrogen) atoms. The smallest absolute Gasteiger partial charge is 0.335 e. The van der Waals surface area contributed by atoms with E-state index in [2.05, 4.69) is 79.0 Å². The third kappa shape index (κ3) is 15.9. The van der Waals surface area contributed by atoms with E-state index in [1.54, 1.807) is 13.0 Å². The summed E-state index contributed by atoms with van der Waals surface area (Å²) in [7, 11) is 0. The Balaban J connectivity index is -0.0000000484. The average molecular weight is 413 g/mol. The lowest BCUT2D eigenvalue weighted by Gasteiger charge is -2.07. The Hall–Kier alpha value is -4.35. The molecule has 0 amide bonds. The molecule has 1 rings (SSSR count). The lowest BCUT2D eigenvalue weighted by atomic mass is 9.99. The maximum atomic E-state index is 10.8. The van der Waals surface area contributed by atoms with Crippen LogP contribution in [0.15, 0.2) is 18.2 Å². The van der Waals surface area contributed by atoms with Crippen LogP contribution in [0.1, 0.15) is 58.7 Å². The van der Waals surface area contributed by atoms with Gasteiger partial charge in [0.05, 0.1) is 5.56 Å². The van der Waals surface area contributed by atoms with Crippen LogP contribution >= 0.6 is 0 Å². The van der Waals surface area contributed by atoms with Crippen LogP contribution in [0.3, 0.4) is 0 Å². The molecular weight excluding hydrogens is 376 g/mol. The summed E-state index contributed by atoms with van der Waals surface area (Å²) in [5.41, 5.74) is 2.48. The van der Waals surface area contributed by atoms with Crippen LogP contribution in [0.4, 0.5) is 0 Å². The second kappa shape index (κ2) is 19.4. The molecule has 0 fully saturated rings. The molecule has 164 valence electrons. The Bertz CT molecular complexity index is 1070. The zero-order chi connectivity index (χ0) is 23.2. The van der Waals surface area contributed by atoms with E-state index in [1.165, 1.54) is 5.56 Å². The molecule has 1 aromatic carbocycles. The number of aryl methyl sites for hydroxylation is 2. The average Bonchev–Trinajstić information content (AvgIpc) is 2.73. The minimum atomic E-state index is -0.845. The Morgan fingerprint density at radius 1 is 1.00 bits per heavy atom. The molecule has 0 atom stereocenters. The van der Waals surface area contributed by atoms with Gasteiger partial charge in [0.2, 0.25) is 0 Å². The Morgan fingerprint density at radius 2 is 1.50 bits per heavy atom. The van der Waals surface area contributed by atoms with E-state index >= 15 is 0 Å². The molecule has 0 heterocycles. The van der Waals surface area contributed by atoms with Crippen LogP contribution in [0.25, 0.3) is 0 Å². The normalized spacial score (nSPS) is 7.07. The molecule has 0 saturated heterocycles. The summed E-state index contributed by atoms with van der Waals surface area (Å²) in [6.07, 6.45) is 7.03. The molecule has 0 aliphatic heterocycles. The molecule has 0 saturated carbocycles. The van der Waals surface area contributed by atoms with Gasteiger partial charge in [-0.05, 0) is 109 Å². The Kier molecular flexibility index (Phi) is 18.0. The van der Waals surface area contributed by atoms with Gasteiger partial charge in [0.1, 0.15) is 0 Å². The van der Waals surface area contributed by atoms with Crippen LogP contribution in [0.2, 0.25) is 0 Å². The number of carboxylic acid groups (broad SMARTS) is 1. The van der Waals surface area contributed by atoms with Gasteiger partial charge in [-0.2, -0.15) is 0 Å². The number of carbonyl (C=O) groups is 1. The van der Waals surface area contributed by atoms with Crippen LogP contribution in [-0.4, -0.2) is 11.1 Å². The quantitative estimate of drug-likeness (QED) is 0.641. The second-order valence-electron chi connectivity index (χ2n) is 5.91. The van der Waals surface area contributed by atoms with Gasteiger partial charge < -0.3 is 5.11 Å². The molecule has 0 bridgehead atoms. The Morgan fingerprint density at radius 3 is 1.90 bits per heavy atom. The van der Waals surface area contributed by atoms with Crippen LogP contribution in [-0.2, 0) is 6.42 Å². The van der Waals surface area contributed by atoms with Gasteiger partial charge in [0, 0.05) is 19.9 Å². The fourth-order valence-corrected chi connectivity index (χ4v) is 1.89. The molecule has 1 N–H and O–H groups in total. The topological polar surface area (TPSA) is 71.4 Å². The first-order chi connectivity index (χ1) is 14.4. The first-order valence-electron chi connectivity index (χ1n) is 8.79. The highest BCUT2D eigenvalue weighted by Crippen LogP contribution is 2.14. The summed E-state index contributed by atoms with van der Waals surface area (Å²) in [4.78, 5) is 24.8. The summed E-state index contributed by atoms with van der Waals surface area (Å²) in [6, 6.07) is 5.60. The highest BCUT2D eigenvalue weighted by Gasteiger charge is 2.07. The van der Waals surface area contributed by atoms with Gasteiger partial charge in [-0.1, -0.05) is 31.9 Å². The van der Waals surface area contributed by atoms with Crippen molar-refractivity contribution >= 4 is 5.97 Å². The van der Waals surface area contributed by atoms with Crippen molar-refractivity contribution < 1.29 is 19.9 Å². The van der Waals surface area contributed by atoms with E-state index in [9.17, 15) is 4.79 Å². The van der Waals surface area contributed by atoms with E-state index in [4.69, 9.17) is 21.5 Å². The number of terminal acetylenes is 1. The number of carboxylic acids is 1. The van der Waals surface area contributed by atoms with Crippen LogP contribution in [0, 0.1) is 94.3 Å². The fraction of sp³-hybridized carbons (Fsp3) is 0.269. The third-order valence-corrected chi connectivity index (χ3v) is 3.23. The van der Waals surface area contributed by atoms with E-state index in [0.717, 1.165) is 18.4 Å². The first kappa shape index (κ1) is 27.9. The third-order valence-electron chi connectivity index (χ3n) is 3.23. The van der Waals surface area contributed by atoms with Crippen molar-refractivity contribution in [1.29, 1.82) is 0 Å². The maximum Gasteiger partial charge on any atom is 0.335 e. The Labute approximate surface area is 189 Å². The number of hydrogen-bond donors (Lipinski definition) is 1. The van der Waals surface area contributed by atoms with E-state index in [0.29, 0.717) is 11.5 Å². The van der Waals surface area contributed by atoms with Crippen LogP contribution < -0.4 is 0 Å². The summed E-state index contributed by atoms with van der Waals surface area (Å²) in [5, 5.41) is 8.87. The zero-order valence-electron chi connectivity index (χ0n) is 17.5. The molecular formula is C26H36O4. The molecule has 4 nitrogen and oxygen atoms in total. The highest BCUT2D eigenvalue weighted by atomic mass is 16.7. The fourth-order valence-electron chi connectivity index (χ4n) is 1.89. The summed E-state index contributed by atoms with van der Waals surface area (Å²) in [6.45, 7) is 7.94. The molecule has 1 aromatic rings. The summed E-state index contributed by atoms with van der Waals surface area (Å²) >= 11 is 0. The standard InChI is InChI=1S/C13H18O2.C13H4.O2.7H2/c1-9(2)4-5-11-6-7-12(13(14)15)10(3)8-11;1-3-5-7-9-11-13-12-10-8-6-4-2;1-2;;;;;;;/h6-9H,4-5H2,1-3H3,(H,14,15);1H,2H3;;7*1H. The van der Waals surface area contributed by atoms with Crippen molar-refractivity contribution in [1.82, 2.24) is 0 Å². The SMILES string of the molecule is C#CC#CC#CC#CC#CC#CC.Cc1cc(CCC(C)C)ccc1C(=O)O.O=O.[HH].[HH].[HH].[HH].[HH].[HH].[HH]. The lowest BCUT2D eigenvalue weighted by Crippen LogP contribution is -2.01. The predicted octanol–water partition coefficient (Wildman–Crippen LogP) is 5.73. The van der Waals surface area contributed by atoms with E-state index in [-0.39, 0.29) is 9.99 Å². The number of aromatic carboxylic acids is 1. The first-order valence-corrected chi connectivity index (χ1v) is 8.79. The van der Waals surface area contributed by atoms with Crippen molar-refractivity contribution in [2.45, 2.75) is 40.5 Å². The number of benzene rings is 1. The minimum absolute atomic E-state index is 0.